The van der Waals surface area contributed by atoms with Crippen molar-refractivity contribution in [1.29, 1.82) is 0 Å². The molecule has 0 aromatic carbocycles. The van der Waals surface area contributed by atoms with Gasteiger partial charge in [-0.1, -0.05) is 0 Å². The number of hydrogen-bond donors (Lipinski definition) is 1. The molecule has 0 aromatic heterocycles. The lowest BCUT2D eigenvalue weighted by Gasteiger charge is -2.12. The van der Waals surface area contributed by atoms with Gasteiger partial charge in [0, 0.05) is 26.6 Å². The molecule has 3 nitrogen and oxygen atoms in total. The summed E-state index contributed by atoms with van der Waals surface area (Å²) in [7, 11) is 3.62. The zero-order chi connectivity index (χ0) is 8.97. The molecule has 0 aromatic rings. The second kappa shape index (κ2) is 4.45. The van der Waals surface area contributed by atoms with Gasteiger partial charge in [-0.3, -0.25) is 4.79 Å². The van der Waals surface area contributed by atoms with Crippen molar-refractivity contribution < 1.29 is 4.79 Å². The van der Waals surface area contributed by atoms with E-state index in [1.165, 1.54) is 12.8 Å². The Bertz CT molecular complexity index is 151. The number of rotatable bonds is 3. The van der Waals surface area contributed by atoms with Crippen LogP contribution in [0, 0.1) is 0 Å². The fourth-order valence-corrected chi connectivity index (χ4v) is 1.52. The van der Waals surface area contributed by atoms with Gasteiger partial charge in [0.05, 0.1) is 0 Å². The molecule has 0 bridgehead atoms. The van der Waals surface area contributed by atoms with Crippen molar-refractivity contribution in [1.82, 2.24) is 10.2 Å². The molecule has 0 radical (unpaired) electrons. The van der Waals surface area contributed by atoms with Gasteiger partial charge in [-0.15, -0.1) is 0 Å². The van der Waals surface area contributed by atoms with Crippen LogP contribution in [0.15, 0.2) is 0 Å². The number of carbonyl (C=O) groups excluding carboxylic acids is 1. The molecule has 1 aliphatic heterocycles. The van der Waals surface area contributed by atoms with Gasteiger partial charge >= 0.3 is 0 Å². The summed E-state index contributed by atoms with van der Waals surface area (Å²) >= 11 is 0. The van der Waals surface area contributed by atoms with E-state index >= 15 is 0 Å². The fraction of sp³-hybridized carbons (Fsp3) is 0.889. The topological polar surface area (TPSA) is 32.3 Å². The first-order chi connectivity index (χ1) is 5.70. The normalized spacial score (nSPS) is 22.7. The number of carbonyl (C=O) groups is 1. The zero-order valence-corrected chi connectivity index (χ0v) is 7.97. The quantitative estimate of drug-likeness (QED) is 0.673. The van der Waals surface area contributed by atoms with Crippen molar-refractivity contribution in [3.63, 3.8) is 0 Å². The summed E-state index contributed by atoms with van der Waals surface area (Å²) in [6.45, 7) is 1.13. The van der Waals surface area contributed by atoms with E-state index in [1.54, 1.807) is 4.90 Å². The third kappa shape index (κ3) is 2.81. The third-order valence-corrected chi connectivity index (χ3v) is 2.37. The average molecular weight is 170 g/mol. The first-order valence-corrected chi connectivity index (χ1v) is 4.63. The Kier molecular flexibility index (Phi) is 3.53. The zero-order valence-electron chi connectivity index (χ0n) is 7.97. The molecule has 12 heavy (non-hydrogen) atoms. The maximum absolute atomic E-state index is 11.2. The van der Waals surface area contributed by atoms with E-state index in [-0.39, 0.29) is 5.91 Å². The standard InChI is InChI=1S/C9H18N2O/c1-11(2)9(12)6-5-8-4-3-7-10-8/h8,10H,3-7H2,1-2H3/t8-/m1/s1. The van der Waals surface area contributed by atoms with E-state index in [2.05, 4.69) is 5.32 Å². The third-order valence-electron chi connectivity index (χ3n) is 2.37. The molecule has 1 aliphatic rings. The van der Waals surface area contributed by atoms with E-state index < -0.39 is 0 Å². The van der Waals surface area contributed by atoms with Crippen LogP contribution in [-0.4, -0.2) is 37.5 Å². The molecule has 1 fully saturated rings. The number of hydrogen-bond acceptors (Lipinski definition) is 2. The molecule has 3 heteroatoms. The van der Waals surface area contributed by atoms with Gasteiger partial charge in [0.2, 0.25) is 5.91 Å². The number of nitrogens with one attached hydrogen (secondary N) is 1. The minimum Gasteiger partial charge on any atom is -0.349 e. The minimum atomic E-state index is 0.240. The smallest absolute Gasteiger partial charge is 0.222 e. The lowest BCUT2D eigenvalue weighted by atomic mass is 10.1. The van der Waals surface area contributed by atoms with Crippen molar-refractivity contribution >= 4 is 5.91 Å². The molecular formula is C9H18N2O. The minimum absolute atomic E-state index is 0.240. The van der Waals surface area contributed by atoms with E-state index in [0.29, 0.717) is 12.5 Å². The summed E-state index contributed by atoms with van der Waals surface area (Å²) in [6, 6.07) is 0.592. The maximum Gasteiger partial charge on any atom is 0.222 e. The Morgan fingerprint density at radius 1 is 1.58 bits per heavy atom. The highest BCUT2D eigenvalue weighted by molar-refractivity contribution is 5.75. The molecule has 0 spiro atoms. The molecule has 1 rings (SSSR count). The summed E-state index contributed by atoms with van der Waals surface area (Å²) in [5.41, 5.74) is 0. The largest absolute Gasteiger partial charge is 0.349 e. The van der Waals surface area contributed by atoms with Crippen LogP contribution in [0.25, 0.3) is 0 Å². The monoisotopic (exact) mass is 170 g/mol. The SMILES string of the molecule is CN(C)C(=O)CC[C@H]1CCCN1. The van der Waals surface area contributed by atoms with Crippen LogP contribution in [0.2, 0.25) is 0 Å². The Morgan fingerprint density at radius 3 is 2.83 bits per heavy atom. The summed E-state index contributed by atoms with van der Waals surface area (Å²) in [5, 5.41) is 3.38. The first kappa shape index (κ1) is 9.52. The van der Waals surface area contributed by atoms with Crippen molar-refractivity contribution in [2.45, 2.75) is 31.7 Å². The average Bonchev–Trinajstić information content (AvgIpc) is 2.51. The van der Waals surface area contributed by atoms with Gasteiger partial charge in [0.15, 0.2) is 0 Å². The molecule has 70 valence electrons. The van der Waals surface area contributed by atoms with Crippen LogP contribution in [0.4, 0.5) is 0 Å². The van der Waals surface area contributed by atoms with Crippen LogP contribution in [0.3, 0.4) is 0 Å². The Morgan fingerprint density at radius 2 is 2.33 bits per heavy atom. The van der Waals surface area contributed by atoms with Crippen LogP contribution in [0.5, 0.6) is 0 Å². The molecule has 1 saturated heterocycles. The highest BCUT2D eigenvalue weighted by atomic mass is 16.2. The van der Waals surface area contributed by atoms with E-state index in [0.717, 1.165) is 13.0 Å². The van der Waals surface area contributed by atoms with Crippen LogP contribution < -0.4 is 5.32 Å². The number of amides is 1. The van der Waals surface area contributed by atoms with Gasteiger partial charge in [-0.25, -0.2) is 0 Å². The van der Waals surface area contributed by atoms with E-state index in [1.807, 2.05) is 14.1 Å². The predicted molar refractivity (Wildman–Crippen MR) is 49.0 cm³/mol. The van der Waals surface area contributed by atoms with Crippen LogP contribution >= 0.6 is 0 Å². The molecule has 1 atom stereocenters. The Balaban J connectivity index is 2.12. The van der Waals surface area contributed by atoms with Crippen LogP contribution in [0.1, 0.15) is 25.7 Å². The lowest BCUT2D eigenvalue weighted by Crippen LogP contribution is -2.26. The van der Waals surface area contributed by atoms with E-state index in [4.69, 9.17) is 0 Å². The maximum atomic E-state index is 11.2. The van der Waals surface area contributed by atoms with Crippen LogP contribution in [-0.2, 0) is 4.79 Å². The molecular weight excluding hydrogens is 152 g/mol. The van der Waals surface area contributed by atoms with Gasteiger partial charge in [-0.2, -0.15) is 0 Å². The van der Waals surface area contributed by atoms with Gasteiger partial charge in [0.1, 0.15) is 0 Å². The summed E-state index contributed by atoms with van der Waals surface area (Å²) in [6.07, 6.45) is 4.18. The Labute approximate surface area is 74.1 Å². The molecule has 1 amide bonds. The first-order valence-electron chi connectivity index (χ1n) is 4.63. The second-order valence-corrected chi connectivity index (χ2v) is 3.62. The predicted octanol–water partition coefficient (Wildman–Crippen LogP) is 0.607. The lowest BCUT2D eigenvalue weighted by molar-refractivity contribution is -0.128. The van der Waals surface area contributed by atoms with Crippen molar-refractivity contribution in [2.75, 3.05) is 20.6 Å². The Hall–Kier alpha value is -0.570. The molecule has 1 N–H and O–H groups in total. The number of nitrogens with zero attached hydrogens (tertiary/aromatic N) is 1. The fourth-order valence-electron chi connectivity index (χ4n) is 1.52. The summed E-state index contributed by atoms with van der Waals surface area (Å²) in [4.78, 5) is 12.9. The van der Waals surface area contributed by atoms with Crippen molar-refractivity contribution in [3.05, 3.63) is 0 Å². The molecule has 1 heterocycles. The van der Waals surface area contributed by atoms with Gasteiger partial charge in [0.25, 0.3) is 0 Å². The summed E-state index contributed by atoms with van der Waals surface area (Å²) < 4.78 is 0. The van der Waals surface area contributed by atoms with Crippen molar-refractivity contribution in [3.8, 4) is 0 Å². The molecule has 0 aliphatic carbocycles. The highest BCUT2D eigenvalue weighted by Crippen LogP contribution is 2.10. The highest BCUT2D eigenvalue weighted by Gasteiger charge is 2.15. The second-order valence-electron chi connectivity index (χ2n) is 3.62. The summed E-state index contributed by atoms with van der Waals surface area (Å²) in [5.74, 6) is 0.240. The van der Waals surface area contributed by atoms with Gasteiger partial charge < -0.3 is 10.2 Å². The van der Waals surface area contributed by atoms with E-state index in [9.17, 15) is 4.79 Å². The van der Waals surface area contributed by atoms with Crippen molar-refractivity contribution in [2.24, 2.45) is 0 Å². The molecule has 0 saturated carbocycles. The van der Waals surface area contributed by atoms with Gasteiger partial charge in [-0.05, 0) is 25.8 Å². The molecule has 0 unspecified atom stereocenters.